The molecule has 0 saturated heterocycles. The molecule has 0 unspecified atom stereocenters. The monoisotopic (exact) mass is 214 g/mol. The fourth-order valence-electron chi connectivity index (χ4n) is 1.25. The van der Waals surface area contributed by atoms with Crippen molar-refractivity contribution in [1.29, 1.82) is 0 Å². The second-order valence-corrected chi connectivity index (χ2v) is 5.40. The third kappa shape index (κ3) is 2.20. The van der Waals surface area contributed by atoms with Crippen molar-refractivity contribution in [3.63, 3.8) is 0 Å². The summed E-state index contributed by atoms with van der Waals surface area (Å²) in [6.07, 6.45) is 0. The van der Waals surface area contributed by atoms with E-state index >= 15 is 0 Å². The highest BCUT2D eigenvalue weighted by molar-refractivity contribution is 6.75. The van der Waals surface area contributed by atoms with Crippen molar-refractivity contribution in [3.05, 3.63) is 30.3 Å². The standard InChI is InChI=1S/C9H14O4Si/c1-11-14(12-2,13-8-10)9-6-4-3-5-7-9/h3-7,10H,8H2,1-2H3. The van der Waals surface area contributed by atoms with Gasteiger partial charge < -0.3 is 18.4 Å². The summed E-state index contributed by atoms with van der Waals surface area (Å²) in [6, 6.07) is 9.35. The fourth-order valence-corrected chi connectivity index (χ4v) is 3.06. The Morgan fingerprint density at radius 2 is 1.71 bits per heavy atom. The van der Waals surface area contributed by atoms with E-state index in [9.17, 15) is 0 Å². The number of hydrogen-bond acceptors (Lipinski definition) is 4. The molecule has 1 aromatic rings. The van der Waals surface area contributed by atoms with Gasteiger partial charge >= 0.3 is 8.80 Å². The molecule has 1 rings (SSSR count). The van der Waals surface area contributed by atoms with E-state index in [-0.39, 0.29) is 0 Å². The molecular formula is C9H14O4Si. The summed E-state index contributed by atoms with van der Waals surface area (Å²) in [5.41, 5.74) is 0. The van der Waals surface area contributed by atoms with Gasteiger partial charge in [-0.3, -0.25) is 0 Å². The van der Waals surface area contributed by atoms with Gasteiger partial charge in [0.1, 0.15) is 6.79 Å². The molecule has 0 bridgehead atoms. The molecule has 0 aliphatic heterocycles. The minimum absolute atomic E-state index is 0.414. The zero-order chi connectivity index (χ0) is 10.4. The Bertz CT molecular complexity index is 261. The van der Waals surface area contributed by atoms with Crippen molar-refractivity contribution in [1.82, 2.24) is 0 Å². The number of aliphatic hydroxyl groups is 1. The van der Waals surface area contributed by atoms with Crippen LogP contribution in [0.25, 0.3) is 0 Å². The molecular weight excluding hydrogens is 200 g/mol. The largest absolute Gasteiger partial charge is 0.538 e. The van der Waals surface area contributed by atoms with Gasteiger partial charge in [-0.15, -0.1) is 0 Å². The maximum absolute atomic E-state index is 8.78. The Morgan fingerprint density at radius 3 is 2.14 bits per heavy atom. The van der Waals surface area contributed by atoms with Gasteiger partial charge in [0.05, 0.1) is 0 Å². The lowest BCUT2D eigenvalue weighted by Gasteiger charge is -2.25. The molecule has 0 amide bonds. The lowest BCUT2D eigenvalue weighted by molar-refractivity contribution is 0.0240. The van der Waals surface area contributed by atoms with Crippen molar-refractivity contribution in [2.75, 3.05) is 21.0 Å². The third-order valence-electron chi connectivity index (χ3n) is 1.92. The van der Waals surface area contributed by atoms with Crippen LogP contribution in [0.3, 0.4) is 0 Å². The summed E-state index contributed by atoms with van der Waals surface area (Å²) in [5, 5.41) is 9.61. The second kappa shape index (κ2) is 5.23. The van der Waals surface area contributed by atoms with Crippen LogP contribution in [0.2, 0.25) is 0 Å². The zero-order valence-electron chi connectivity index (χ0n) is 8.27. The molecule has 14 heavy (non-hydrogen) atoms. The van der Waals surface area contributed by atoms with Gasteiger partial charge in [0.2, 0.25) is 0 Å². The molecule has 4 nitrogen and oxygen atoms in total. The van der Waals surface area contributed by atoms with Crippen LogP contribution in [0.5, 0.6) is 0 Å². The molecule has 1 N–H and O–H groups in total. The number of hydrogen-bond donors (Lipinski definition) is 1. The first-order valence-corrected chi connectivity index (χ1v) is 5.92. The highest BCUT2D eigenvalue weighted by atomic mass is 28.4. The normalized spacial score (nSPS) is 11.6. The van der Waals surface area contributed by atoms with E-state index in [0.29, 0.717) is 0 Å². The van der Waals surface area contributed by atoms with Gasteiger partial charge in [-0.2, -0.15) is 0 Å². The molecule has 0 heterocycles. The number of benzene rings is 1. The molecule has 78 valence electrons. The van der Waals surface area contributed by atoms with Crippen molar-refractivity contribution in [3.8, 4) is 0 Å². The molecule has 0 aromatic heterocycles. The maximum atomic E-state index is 8.78. The predicted molar refractivity (Wildman–Crippen MR) is 54.0 cm³/mol. The summed E-state index contributed by atoms with van der Waals surface area (Å²) >= 11 is 0. The number of rotatable bonds is 5. The van der Waals surface area contributed by atoms with Crippen LogP contribution >= 0.6 is 0 Å². The molecule has 0 aliphatic rings. The first kappa shape index (κ1) is 11.4. The quantitative estimate of drug-likeness (QED) is 0.557. The van der Waals surface area contributed by atoms with Crippen LogP contribution in [0.1, 0.15) is 0 Å². The van der Waals surface area contributed by atoms with Gasteiger partial charge in [0.25, 0.3) is 0 Å². The van der Waals surface area contributed by atoms with Crippen molar-refractivity contribution in [2.45, 2.75) is 0 Å². The van der Waals surface area contributed by atoms with Crippen LogP contribution in [0.4, 0.5) is 0 Å². The van der Waals surface area contributed by atoms with Crippen LogP contribution in [-0.2, 0) is 13.3 Å². The van der Waals surface area contributed by atoms with E-state index < -0.39 is 15.6 Å². The Balaban J connectivity index is 2.98. The lowest BCUT2D eigenvalue weighted by Crippen LogP contribution is -2.55. The number of aliphatic hydroxyl groups excluding tert-OH is 1. The lowest BCUT2D eigenvalue weighted by atomic mass is 10.4. The average molecular weight is 214 g/mol. The molecule has 0 fully saturated rings. The summed E-state index contributed by atoms with van der Waals surface area (Å²) in [7, 11) is 0.155. The minimum Gasteiger partial charge on any atom is -0.373 e. The maximum Gasteiger partial charge on any atom is 0.538 e. The Kier molecular flexibility index (Phi) is 4.24. The first-order chi connectivity index (χ1) is 6.79. The van der Waals surface area contributed by atoms with E-state index in [1.165, 1.54) is 14.2 Å². The van der Waals surface area contributed by atoms with E-state index in [1.54, 1.807) is 0 Å². The van der Waals surface area contributed by atoms with Crippen molar-refractivity contribution in [2.24, 2.45) is 0 Å². The molecule has 0 saturated carbocycles. The predicted octanol–water partition coefficient (Wildman–Crippen LogP) is 0.0917. The van der Waals surface area contributed by atoms with Gasteiger partial charge in [0.15, 0.2) is 0 Å². The zero-order valence-corrected chi connectivity index (χ0v) is 9.27. The molecule has 5 heteroatoms. The van der Waals surface area contributed by atoms with E-state index in [0.717, 1.165) is 5.19 Å². The molecule has 1 aromatic carbocycles. The molecule has 0 aliphatic carbocycles. The van der Waals surface area contributed by atoms with Crippen molar-refractivity contribution < 1.29 is 18.4 Å². The second-order valence-electron chi connectivity index (χ2n) is 2.60. The SMILES string of the molecule is CO[Si](OC)(OCO)c1ccccc1. The Labute approximate surface area is 84.4 Å². The fraction of sp³-hybridized carbons (Fsp3) is 0.333. The Hall–Kier alpha value is -0.723. The molecule has 0 atom stereocenters. The van der Waals surface area contributed by atoms with Gasteiger partial charge in [-0.25, -0.2) is 0 Å². The topological polar surface area (TPSA) is 47.9 Å². The summed E-state index contributed by atoms with van der Waals surface area (Å²) in [4.78, 5) is 0. The summed E-state index contributed by atoms with van der Waals surface area (Å²) < 4.78 is 15.7. The van der Waals surface area contributed by atoms with Crippen molar-refractivity contribution >= 4 is 14.0 Å². The van der Waals surface area contributed by atoms with Gasteiger partial charge in [0, 0.05) is 19.4 Å². The molecule has 0 radical (unpaired) electrons. The van der Waals surface area contributed by atoms with Gasteiger partial charge in [-0.1, -0.05) is 30.3 Å². The van der Waals surface area contributed by atoms with Crippen LogP contribution < -0.4 is 5.19 Å². The van der Waals surface area contributed by atoms with Crippen LogP contribution in [0.15, 0.2) is 30.3 Å². The van der Waals surface area contributed by atoms with Gasteiger partial charge in [-0.05, 0) is 0 Å². The van der Waals surface area contributed by atoms with Crippen LogP contribution in [0, 0.1) is 0 Å². The summed E-state index contributed by atoms with van der Waals surface area (Å²) in [6.45, 7) is -0.414. The Morgan fingerprint density at radius 1 is 1.14 bits per heavy atom. The average Bonchev–Trinajstić information content (AvgIpc) is 2.27. The molecule has 0 spiro atoms. The van der Waals surface area contributed by atoms with Crippen LogP contribution in [-0.4, -0.2) is 34.9 Å². The van der Waals surface area contributed by atoms with E-state index in [4.69, 9.17) is 18.4 Å². The highest BCUT2D eigenvalue weighted by Crippen LogP contribution is 2.07. The third-order valence-corrected chi connectivity index (χ3v) is 4.54. The highest BCUT2D eigenvalue weighted by Gasteiger charge is 2.41. The van der Waals surface area contributed by atoms with E-state index in [1.807, 2.05) is 30.3 Å². The van der Waals surface area contributed by atoms with E-state index in [2.05, 4.69) is 0 Å². The smallest absolute Gasteiger partial charge is 0.373 e. The minimum atomic E-state index is -2.87. The first-order valence-electron chi connectivity index (χ1n) is 4.19. The summed E-state index contributed by atoms with van der Waals surface area (Å²) in [5.74, 6) is 0.